The first-order valence-corrected chi connectivity index (χ1v) is 7.38. The molecule has 1 aliphatic rings. The van der Waals surface area contributed by atoms with Crippen LogP contribution in [0, 0.1) is 17.2 Å². The number of thioether (sulfide) groups is 1. The lowest BCUT2D eigenvalue weighted by Gasteiger charge is -2.19. The smallest absolute Gasteiger partial charge is 0.0667 e. The van der Waals surface area contributed by atoms with Gasteiger partial charge in [0.2, 0.25) is 0 Å². The molecule has 17 heavy (non-hydrogen) atoms. The van der Waals surface area contributed by atoms with Crippen LogP contribution in [0.3, 0.4) is 0 Å². The van der Waals surface area contributed by atoms with Crippen LogP contribution in [0.4, 0.5) is 0 Å². The van der Waals surface area contributed by atoms with E-state index in [2.05, 4.69) is 6.07 Å². The highest BCUT2D eigenvalue weighted by Gasteiger charge is 2.24. The van der Waals surface area contributed by atoms with Gasteiger partial charge in [0.15, 0.2) is 0 Å². The second-order valence-electron chi connectivity index (χ2n) is 4.46. The lowest BCUT2D eigenvalue weighted by atomic mass is 10.0. The Hall–Kier alpha value is -0.650. The molecule has 0 aromatic heterocycles. The van der Waals surface area contributed by atoms with Crippen LogP contribution in [0.2, 0.25) is 5.02 Å². The molecule has 90 valence electrons. The molecular weight excluding hydrogens is 250 g/mol. The van der Waals surface area contributed by atoms with Crippen LogP contribution in [0.25, 0.3) is 0 Å². The monoisotopic (exact) mass is 265 g/mol. The van der Waals surface area contributed by atoms with Crippen molar-refractivity contribution in [3.05, 3.63) is 29.3 Å². The molecule has 1 aromatic carbocycles. The predicted molar refractivity (Wildman–Crippen MR) is 73.3 cm³/mol. The normalized spacial score (nSPS) is 24.9. The van der Waals surface area contributed by atoms with E-state index >= 15 is 0 Å². The number of nitrogens with zero attached hydrogens (tertiary/aromatic N) is 1. The quantitative estimate of drug-likeness (QED) is 0.710. The highest BCUT2D eigenvalue weighted by Crippen LogP contribution is 2.38. The molecule has 0 saturated heterocycles. The fourth-order valence-corrected chi connectivity index (χ4v) is 3.84. The van der Waals surface area contributed by atoms with Crippen LogP contribution in [0.1, 0.15) is 32.1 Å². The summed E-state index contributed by atoms with van der Waals surface area (Å²) in [6.45, 7) is 0. The van der Waals surface area contributed by atoms with E-state index in [1.165, 1.54) is 19.3 Å². The third-order valence-electron chi connectivity index (χ3n) is 3.23. The summed E-state index contributed by atoms with van der Waals surface area (Å²) in [6, 6.07) is 10.4. The molecule has 1 saturated carbocycles. The zero-order valence-electron chi connectivity index (χ0n) is 9.73. The van der Waals surface area contributed by atoms with Crippen LogP contribution in [0.5, 0.6) is 0 Å². The van der Waals surface area contributed by atoms with Crippen LogP contribution < -0.4 is 0 Å². The maximum Gasteiger partial charge on any atom is 0.0667 e. The summed E-state index contributed by atoms with van der Waals surface area (Å²) in [5, 5.41) is 10.4. The molecule has 3 heteroatoms. The zero-order chi connectivity index (χ0) is 12.1. The molecule has 1 nitrogen and oxygen atoms in total. The summed E-state index contributed by atoms with van der Waals surface area (Å²) in [4.78, 5) is 1.11. The van der Waals surface area contributed by atoms with Crippen molar-refractivity contribution in [2.24, 2.45) is 5.92 Å². The van der Waals surface area contributed by atoms with Gasteiger partial charge in [-0.15, -0.1) is 11.8 Å². The highest BCUT2D eigenvalue weighted by atomic mass is 35.5. The van der Waals surface area contributed by atoms with Gasteiger partial charge in [-0.25, -0.2) is 0 Å². The third-order valence-corrected chi connectivity index (χ3v) is 5.15. The van der Waals surface area contributed by atoms with Crippen molar-refractivity contribution in [3.63, 3.8) is 0 Å². The van der Waals surface area contributed by atoms with E-state index in [9.17, 15) is 5.26 Å². The Labute approximate surface area is 112 Å². The Morgan fingerprint density at radius 1 is 1.18 bits per heavy atom. The molecule has 1 aliphatic carbocycles. The van der Waals surface area contributed by atoms with Crippen molar-refractivity contribution >= 4 is 23.4 Å². The number of benzene rings is 1. The number of hydrogen-bond acceptors (Lipinski definition) is 2. The minimum absolute atomic E-state index is 0.179. The van der Waals surface area contributed by atoms with Gasteiger partial charge in [0.1, 0.15) is 0 Å². The summed E-state index contributed by atoms with van der Waals surface area (Å²) < 4.78 is 0. The highest BCUT2D eigenvalue weighted by molar-refractivity contribution is 8.00. The van der Waals surface area contributed by atoms with Gasteiger partial charge in [-0.3, -0.25) is 0 Å². The van der Waals surface area contributed by atoms with Gasteiger partial charge in [-0.1, -0.05) is 43.0 Å². The summed E-state index contributed by atoms with van der Waals surface area (Å²) in [5.74, 6) is 0.179. The van der Waals surface area contributed by atoms with Gasteiger partial charge in [0.25, 0.3) is 0 Å². The second-order valence-corrected chi connectivity index (χ2v) is 6.15. The molecule has 2 atom stereocenters. The first kappa shape index (κ1) is 12.8. The van der Waals surface area contributed by atoms with E-state index in [0.29, 0.717) is 5.25 Å². The molecule has 0 bridgehead atoms. The van der Waals surface area contributed by atoms with Gasteiger partial charge in [0.05, 0.1) is 17.0 Å². The van der Waals surface area contributed by atoms with Crippen molar-refractivity contribution in [2.45, 2.75) is 42.2 Å². The molecular formula is C14H16ClNS. The topological polar surface area (TPSA) is 23.8 Å². The van der Waals surface area contributed by atoms with Crippen molar-refractivity contribution in [2.75, 3.05) is 0 Å². The molecule has 0 spiro atoms. The van der Waals surface area contributed by atoms with Crippen LogP contribution in [-0.4, -0.2) is 5.25 Å². The standard InChI is InChI=1S/C14H16ClNS/c15-12-7-4-5-9-14(12)17-13-8-3-1-2-6-11(13)10-16/h4-5,7,9,11,13H,1-3,6,8H2. The van der Waals surface area contributed by atoms with Gasteiger partial charge in [-0.2, -0.15) is 5.26 Å². The van der Waals surface area contributed by atoms with E-state index in [0.717, 1.165) is 22.8 Å². The number of halogens is 1. The fourth-order valence-electron chi connectivity index (χ4n) is 2.27. The van der Waals surface area contributed by atoms with Crippen LogP contribution in [0.15, 0.2) is 29.2 Å². The Morgan fingerprint density at radius 2 is 1.94 bits per heavy atom. The van der Waals surface area contributed by atoms with Gasteiger partial charge in [-0.05, 0) is 25.0 Å². The minimum Gasteiger partial charge on any atom is -0.198 e. The predicted octanol–water partition coefficient (Wildman–Crippen LogP) is 4.90. The molecule has 0 radical (unpaired) electrons. The summed E-state index contributed by atoms with van der Waals surface area (Å²) in [7, 11) is 0. The number of hydrogen-bond donors (Lipinski definition) is 0. The minimum atomic E-state index is 0.179. The van der Waals surface area contributed by atoms with Crippen molar-refractivity contribution in [3.8, 4) is 6.07 Å². The first-order chi connectivity index (χ1) is 8.31. The van der Waals surface area contributed by atoms with Gasteiger partial charge in [0, 0.05) is 10.1 Å². The lowest BCUT2D eigenvalue weighted by Crippen LogP contribution is -2.13. The number of nitriles is 1. The van der Waals surface area contributed by atoms with E-state index < -0.39 is 0 Å². The molecule has 1 aromatic rings. The second kappa shape index (κ2) is 6.33. The number of rotatable bonds is 2. The maximum atomic E-state index is 9.24. The maximum absolute atomic E-state index is 9.24. The molecule has 0 amide bonds. The Bertz CT molecular complexity index is 413. The first-order valence-electron chi connectivity index (χ1n) is 6.12. The van der Waals surface area contributed by atoms with Crippen molar-refractivity contribution in [1.82, 2.24) is 0 Å². The largest absolute Gasteiger partial charge is 0.198 e. The molecule has 1 fully saturated rings. The molecule has 2 rings (SSSR count). The average Bonchev–Trinajstić information content (AvgIpc) is 2.57. The van der Waals surface area contributed by atoms with Crippen LogP contribution >= 0.6 is 23.4 Å². The Morgan fingerprint density at radius 3 is 2.71 bits per heavy atom. The summed E-state index contributed by atoms with van der Waals surface area (Å²) >= 11 is 7.95. The zero-order valence-corrected chi connectivity index (χ0v) is 11.3. The van der Waals surface area contributed by atoms with Crippen molar-refractivity contribution < 1.29 is 0 Å². The SMILES string of the molecule is N#CC1CCCCCC1Sc1ccccc1Cl. The van der Waals surface area contributed by atoms with Gasteiger partial charge >= 0.3 is 0 Å². The van der Waals surface area contributed by atoms with E-state index in [1.807, 2.05) is 24.3 Å². The summed E-state index contributed by atoms with van der Waals surface area (Å²) in [5.41, 5.74) is 0. The molecule has 2 unspecified atom stereocenters. The molecule has 0 N–H and O–H groups in total. The van der Waals surface area contributed by atoms with E-state index in [-0.39, 0.29) is 5.92 Å². The molecule has 0 heterocycles. The Balaban J connectivity index is 2.10. The third kappa shape index (κ3) is 3.40. The lowest BCUT2D eigenvalue weighted by molar-refractivity contribution is 0.585. The van der Waals surface area contributed by atoms with E-state index in [4.69, 9.17) is 11.6 Å². The van der Waals surface area contributed by atoms with Crippen molar-refractivity contribution in [1.29, 1.82) is 5.26 Å². The average molecular weight is 266 g/mol. The van der Waals surface area contributed by atoms with Crippen LogP contribution in [-0.2, 0) is 0 Å². The van der Waals surface area contributed by atoms with E-state index in [1.54, 1.807) is 11.8 Å². The van der Waals surface area contributed by atoms with Gasteiger partial charge < -0.3 is 0 Å². The molecule has 0 aliphatic heterocycles. The Kier molecular flexibility index (Phi) is 4.76. The fraction of sp³-hybridized carbons (Fsp3) is 0.500. The summed E-state index contributed by atoms with van der Waals surface area (Å²) in [6.07, 6.45) is 5.86.